The number of nitrogens with zero attached hydrogens (tertiary/aromatic N) is 4. The standard InChI is InChI=1S/C15H25N5OS/c1-11-7-20(8-12(2)22-11)15(21)17-13-4-5-19(9-13)14-6-16-18(3)10-14/h6,10-13H,4-5,7-9H2,1-3H3,(H,17,21)/t11-,12-,13+/m1/s1. The molecule has 3 heterocycles. The molecule has 6 nitrogen and oxygen atoms in total. The number of urea groups is 1. The predicted octanol–water partition coefficient (Wildman–Crippen LogP) is 1.53. The highest BCUT2D eigenvalue weighted by molar-refractivity contribution is 8.00. The summed E-state index contributed by atoms with van der Waals surface area (Å²) in [7, 11) is 1.93. The number of thioether (sulfide) groups is 1. The highest BCUT2D eigenvalue weighted by atomic mass is 32.2. The third-order valence-electron chi connectivity index (χ3n) is 4.28. The van der Waals surface area contributed by atoms with Gasteiger partial charge in [-0.25, -0.2) is 4.79 Å². The Morgan fingerprint density at radius 3 is 2.68 bits per heavy atom. The van der Waals surface area contributed by atoms with Gasteiger partial charge in [0.05, 0.1) is 11.9 Å². The molecule has 22 heavy (non-hydrogen) atoms. The first-order valence-corrected chi connectivity index (χ1v) is 8.90. The van der Waals surface area contributed by atoms with Crippen molar-refractivity contribution in [2.24, 2.45) is 7.05 Å². The minimum Gasteiger partial charge on any atom is -0.367 e. The van der Waals surface area contributed by atoms with Crippen LogP contribution in [0.1, 0.15) is 20.3 Å². The highest BCUT2D eigenvalue weighted by Gasteiger charge is 2.29. The van der Waals surface area contributed by atoms with E-state index in [2.05, 4.69) is 29.2 Å². The Labute approximate surface area is 136 Å². The van der Waals surface area contributed by atoms with Gasteiger partial charge in [0.2, 0.25) is 0 Å². The summed E-state index contributed by atoms with van der Waals surface area (Å²) in [6.07, 6.45) is 4.90. The Morgan fingerprint density at radius 1 is 1.32 bits per heavy atom. The van der Waals surface area contributed by atoms with Crippen LogP contribution < -0.4 is 10.2 Å². The molecule has 0 radical (unpaired) electrons. The number of carbonyl (C=O) groups excluding carboxylic acids is 1. The van der Waals surface area contributed by atoms with Crippen molar-refractivity contribution in [2.75, 3.05) is 31.1 Å². The van der Waals surface area contributed by atoms with Crippen LogP contribution in [0.3, 0.4) is 0 Å². The second kappa shape index (κ2) is 6.40. The topological polar surface area (TPSA) is 53.4 Å². The van der Waals surface area contributed by atoms with E-state index in [0.717, 1.165) is 38.3 Å². The van der Waals surface area contributed by atoms with E-state index in [0.29, 0.717) is 10.5 Å². The lowest BCUT2D eigenvalue weighted by molar-refractivity contribution is 0.193. The zero-order valence-electron chi connectivity index (χ0n) is 13.5. The number of nitrogens with one attached hydrogen (secondary N) is 1. The van der Waals surface area contributed by atoms with Crippen LogP contribution in [-0.2, 0) is 7.05 Å². The number of hydrogen-bond acceptors (Lipinski definition) is 4. The summed E-state index contributed by atoms with van der Waals surface area (Å²) in [6.45, 7) is 7.92. The molecule has 0 aromatic carbocycles. The van der Waals surface area contributed by atoms with E-state index in [-0.39, 0.29) is 12.1 Å². The largest absolute Gasteiger partial charge is 0.367 e. The number of rotatable bonds is 2. The molecule has 0 spiro atoms. The molecule has 2 amide bonds. The number of anilines is 1. The Hall–Kier alpha value is -1.37. The van der Waals surface area contributed by atoms with Crippen LogP contribution in [0.15, 0.2) is 12.4 Å². The third-order valence-corrected chi connectivity index (χ3v) is 5.51. The average Bonchev–Trinajstić information content (AvgIpc) is 3.06. The van der Waals surface area contributed by atoms with Gasteiger partial charge in [-0.05, 0) is 6.42 Å². The summed E-state index contributed by atoms with van der Waals surface area (Å²) in [4.78, 5) is 16.7. The number of carbonyl (C=O) groups is 1. The quantitative estimate of drug-likeness (QED) is 0.897. The fraction of sp³-hybridized carbons (Fsp3) is 0.733. The lowest BCUT2D eigenvalue weighted by atomic mass is 10.2. The Bertz CT molecular complexity index is 524. The number of aromatic nitrogens is 2. The van der Waals surface area contributed by atoms with Gasteiger partial charge in [-0.3, -0.25) is 4.68 Å². The molecule has 3 atom stereocenters. The predicted molar refractivity (Wildman–Crippen MR) is 90.4 cm³/mol. The van der Waals surface area contributed by atoms with Crippen LogP contribution in [0.2, 0.25) is 0 Å². The average molecular weight is 323 g/mol. The first-order valence-electron chi connectivity index (χ1n) is 7.95. The first kappa shape index (κ1) is 15.5. The molecule has 0 aliphatic carbocycles. The van der Waals surface area contributed by atoms with Gasteiger partial charge in [0.15, 0.2) is 0 Å². The molecule has 1 N–H and O–H groups in total. The van der Waals surface area contributed by atoms with E-state index in [9.17, 15) is 4.79 Å². The van der Waals surface area contributed by atoms with Gasteiger partial charge in [-0.2, -0.15) is 16.9 Å². The molecule has 3 rings (SSSR count). The van der Waals surface area contributed by atoms with Crippen LogP contribution in [0.25, 0.3) is 0 Å². The molecule has 2 aliphatic rings. The normalized spacial score (nSPS) is 29.0. The summed E-state index contributed by atoms with van der Waals surface area (Å²) >= 11 is 1.97. The van der Waals surface area contributed by atoms with E-state index < -0.39 is 0 Å². The fourth-order valence-electron chi connectivity index (χ4n) is 3.29. The van der Waals surface area contributed by atoms with Crippen LogP contribution in [0, 0.1) is 0 Å². The Balaban J connectivity index is 1.52. The monoisotopic (exact) mass is 323 g/mol. The molecule has 2 saturated heterocycles. The van der Waals surface area contributed by atoms with Gasteiger partial charge < -0.3 is 15.1 Å². The van der Waals surface area contributed by atoms with E-state index in [1.165, 1.54) is 0 Å². The zero-order chi connectivity index (χ0) is 15.7. The maximum Gasteiger partial charge on any atom is 0.317 e. The molecule has 1 aromatic rings. The molecule has 1 aromatic heterocycles. The molecule has 0 saturated carbocycles. The SMILES string of the molecule is C[C@@H]1CN(C(=O)N[C@H]2CCN(c3cnn(C)c3)C2)C[C@@H](C)S1. The summed E-state index contributed by atoms with van der Waals surface area (Å²) in [5.74, 6) is 0. The minimum atomic E-state index is 0.0945. The van der Waals surface area contributed by atoms with Crippen molar-refractivity contribution >= 4 is 23.5 Å². The third kappa shape index (κ3) is 3.51. The summed E-state index contributed by atoms with van der Waals surface area (Å²) in [5, 5.41) is 8.46. The maximum atomic E-state index is 12.5. The summed E-state index contributed by atoms with van der Waals surface area (Å²) in [6, 6.07) is 0.324. The number of hydrogen-bond donors (Lipinski definition) is 1. The van der Waals surface area contributed by atoms with Gasteiger partial charge in [0, 0.05) is 56.0 Å². The number of amides is 2. The molecule has 0 unspecified atom stereocenters. The van der Waals surface area contributed by atoms with Gasteiger partial charge in [0.25, 0.3) is 0 Å². The van der Waals surface area contributed by atoms with Gasteiger partial charge in [0.1, 0.15) is 0 Å². The molecular formula is C15H25N5OS. The van der Waals surface area contributed by atoms with Gasteiger partial charge in [-0.15, -0.1) is 0 Å². The van der Waals surface area contributed by atoms with E-state index in [1.54, 1.807) is 0 Å². The van der Waals surface area contributed by atoms with Crippen LogP contribution >= 0.6 is 11.8 Å². The van der Waals surface area contributed by atoms with Crippen molar-refractivity contribution in [1.82, 2.24) is 20.0 Å². The van der Waals surface area contributed by atoms with E-state index in [1.807, 2.05) is 40.8 Å². The second-order valence-electron chi connectivity index (χ2n) is 6.42. The van der Waals surface area contributed by atoms with Crippen LogP contribution in [0.4, 0.5) is 10.5 Å². The van der Waals surface area contributed by atoms with Crippen molar-refractivity contribution < 1.29 is 4.79 Å². The summed E-state index contributed by atoms with van der Waals surface area (Å²) < 4.78 is 1.81. The van der Waals surface area contributed by atoms with Gasteiger partial charge in [-0.1, -0.05) is 13.8 Å². The van der Waals surface area contributed by atoms with Crippen molar-refractivity contribution in [3.8, 4) is 0 Å². The minimum absolute atomic E-state index is 0.0945. The maximum absolute atomic E-state index is 12.5. The lowest BCUT2D eigenvalue weighted by Crippen LogP contribution is -2.51. The van der Waals surface area contributed by atoms with Gasteiger partial charge >= 0.3 is 6.03 Å². The molecule has 2 aliphatic heterocycles. The first-order chi connectivity index (χ1) is 10.5. The zero-order valence-corrected chi connectivity index (χ0v) is 14.3. The smallest absolute Gasteiger partial charge is 0.317 e. The van der Waals surface area contributed by atoms with Crippen molar-refractivity contribution in [3.63, 3.8) is 0 Å². The second-order valence-corrected chi connectivity index (χ2v) is 8.30. The van der Waals surface area contributed by atoms with Crippen molar-refractivity contribution in [1.29, 1.82) is 0 Å². The van der Waals surface area contributed by atoms with E-state index >= 15 is 0 Å². The molecule has 2 fully saturated rings. The molecule has 0 bridgehead atoms. The van der Waals surface area contributed by atoms with Crippen molar-refractivity contribution in [2.45, 2.75) is 36.8 Å². The highest BCUT2D eigenvalue weighted by Crippen LogP contribution is 2.25. The van der Waals surface area contributed by atoms with Crippen LogP contribution in [0.5, 0.6) is 0 Å². The molecule has 7 heteroatoms. The summed E-state index contributed by atoms with van der Waals surface area (Å²) in [5.41, 5.74) is 1.14. The lowest BCUT2D eigenvalue weighted by Gasteiger charge is -2.35. The fourth-order valence-corrected chi connectivity index (χ4v) is 4.62. The Morgan fingerprint density at radius 2 is 2.05 bits per heavy atom. The van der Waals surface area contributed by atoms with Crippen LogP contribution in [-0.4, -0.2) is 63.4 Å². The molecular weight excluding hydrogens is 298 g/mol. The van der Waals surface area contributed by atoms with E-state index in [4.69, 9.17) is 0 Å². The Kier molecular flexibility index (Phi) is 4.52. The number of aryl methyl sites for hydroxylation is 1. The molecule has 122 valence electrons. The van der Waals surface area contributed by atoms with Crippen molar-refractivity contribution in [3.05, 3.63) is 12.4 Å².